The number of hydrogen-bond donors (Lipinski definition) is 2. The molecule has 0 saturated heterocycles. The molecule has 0 aliphatic heterocycles. The normalized spacial score (nSPS) is 12.4. The predicted molar refractivity (Wildman–Crippen MR) is 70.0 cm³/mol. The minimum Gasteiger partial charge on any atom is -0.480 e. The Hall–Kier alpha value is -1.99. The Kier molecular flexibility index (Phi) is 5.40. The van der Waals surface area contributed by atoms with Crippen molar-refractivity contribution in [2.24, 2.45) is 0 Å². The van der Waals surface area contributed by atoms with Gasteiger partial charge < -0.3 is 10.0 Å². The lowest BCUT2D eigenvalue weighted by molar-refractivity contribution is -0.384. The first kappa shape index (κ1) is 15.1. The number of hydrogen-bond acceptors (Lipinski definition) is 5. The second kappa shape index (κ2) is 6.81. The van der Waals surface area contributed by atoms with Gasteiger partial charge in [0.25, 0.3) is 5.69 Å². The molecule has 1 aromatic rings. The van der Waals surface area contributed by atoms with Crippen LogP contribution in [0, 0.1) is 10.1 Å². The summed E-state index contributed by atoms with van der Waals surface area (Å²) in [6.07, 6.45) is 0. The minimum atomic E-state index is -1.01. The number of nitrogens with zero attached hydrogens (tertiary/aromatic N) is 2. The van der Waals surface area contributed by atoms with Crippen molar-refractivity contribution in [2.75, 3.05) is 27.2 Å². The van der Waals surface area contributed by atoms with Gasteiger partial charge in [0.1, 0.15) is 6.04 Å². The quantitative estimate of drug-likeness (QED) is 0.562. The highest BCUT2D eigenvalue weighted by molar-refractivity contribution is 5.75. The third kappa shape index (κ3) is 4.65. The average molecular weight is 267 g/mol. The van der Waals surface area contributed by atoms with E-state index in [1.165, 1.54) is 24.3 Å². The van der Waals surface area contributed by atoms with E-state index in [0.29, 0.717) is 18.7 Å². The summed E-state index contributed by atoms with van der Waals surface area (Å²) in [5.74, 6) is -1.01. The van der Waals surface area contributed by atoms with E-state index in [1.807, 2.05) is 19.0 Å². The van der Waals surface area contributed by atoms with Gasteiger partial charge in [-0.3, -0.25) is 20.2 Å². The zero-order valence-corrected chi connectivity index (χ0v) is 10.9. The molecule has 0 aromatic heterocycles. The maximum Gasteiger partial charge on any atom is 0.325 e. The first-order valence-electron chi connectivity index (χ1n) is 5.77. The van der Waals surface area contributed by atoms with Gasteiger partial charge in [-0.25, -0.2) is 0 Å². The maximum atomic E-state index is 11.2. The van der Waals surface area contributed by atoms with Crippen LogP contribution in [0.3, 0.4) is 0 Å². The van der Waals surface area contributed by atoms with Gasteiger partial charge in [-0.15, -0.1) is 0 Å². The maximum absolute atomic E-state index is 11.2. The number of nitro benzene ring substituents is 1. The molecule has 19 heavy (non-hydrogen) atoms. The third-order valence-corrected chi connectivity index (χ3v) is 2.59. The summed E-state index contributed by atoms with van der Waals surface area (Å²) in [5, 5.41) is 22.6. The molecule has 1 aromatic carbocycles. The molecule has 7 nitrogen and oxygen atoms in total. The highest BCUT2D eigenvalue weighted by atomic mass is 16.6. The van der Waals surface area contributed by atoms with E-state index in [1.54, 1.807) is 0 Å². The summed E-state index contributed by atoms with van der Waals surface area (Å²) < 4.78 is 0. The Labute approximate surface area is 111 Å². The largest absolute Gasteiger partial charge is 0.480 e. The molecule has 0 bridgehead atoms. The summed E-state index contributed by atoms with van der Waals surface area (Å²) in [4.78, 5) is 23.1. The second-order valence-corrected chi connectivity index (χ2v) is 4.38. The SMILES string of the molecule is CN(C)CCNC(C(=O)O)c1ccc([N+](=O)[O-])cc1. The van der Waals surface area contributed by atoms with Crippen LogP contribution in [-0.4, -0.2) is 48.1 Å². The van der Waals surface area contributed by atoms with E-state index < -0.39 is 16.9 Å². The van der Waals surface area contributed by atoms with E-state index in [0.717, 1.165) is 0 Å². The number of nitrogens with one attached hydrogen (secondary N) is 1. The highest BCUT2D eigenvalue weighted by Gasteiger charge is 2.19. The van der Waals surface area contributed by atoms with Crippen molar-refractivity contribution >= 4 is 11.7 Å². The van der Waals surface area contributed by atoms with Crippen LogP contribution in [-0.2, 0) is 4.79 Å². The van der Waals surface area contributed by atoms with Crippen molar-refractivity contribution < 1.29 is 14.8 Å². The van der Waals surface area contributed by atoms with E-state index in [4.69, 9.17) is 5.11 Å². The van der Waals surface area contributed by atoms with E-state index in [-0.39, 0.29) is 5.69 Å². The summed E-state index contributed by atoms with van der Waals surface area (Å²) in [6.45, 7) is 1.22. The molecular weight excluding hydrogens is 250 g/mol. The fourth-order valence-electron chi connectivity index (χ4n) is 1.57. The van der Waals surface area contributed by atoms with Crippen LogP contribution in [0.15, 0.2) is 24.3 Å². The number of carboxylic acids is 1. The highest BCUT2D eigenvalue weighted by Crippen LogP contribution is 2.18. The Morgan fingerprint density at radius 3 is 2.42 bits per heavy atom. The van der Waals surface area contributed by atoms with Crippen molar-refractivity contribution in [2.45, 2.75) is 6.04 Å². The van der Waals surface area contributed by atoms with Gasteiger partial charge in [0.15, 0.2) is 0 Å². The molecule has 0 heterocycles. The fourth-order valence-corrected chi connectivity index (χ4v) is 1.57. The monoisotopic (exact) mass is 267 g/mol. The van der Waals surface area contributed by atoms with Crippen molar-refractivity contribution in [3.05, 3.63) is 39.9 Å². The Balaban J connectivity index is 2.75. The Morgan fingerprint density at radius 2 is 2.00 bits per heavy atom. The number of nitro groups is 1. The minimum absolute atomic E-state index is 0.0545. The molecule has 1 rings (SSSR count). The lowest BCUT2D eigenvalue weighted by atomic mass is 10.1. The van der Waals surface area contributed by atoms with Crippen LogP contribution in [0.4, 0.5) is 5.69 Å². The lowest BCUT2D eigenvalue weighted by Gasteiger charge is -2.16. The number of likely N-dealkylation sites (N-methyl/N-ethyl adjacent to an activating group) is 1. The first-order valence-corrected chi connectivity index (χ1v) is 5.77. The molecular formula is C12H17N3O4. The van der Waals surface area contributed by atoms with E-state index in [9.17, 15) is 14.9 Å². The first-order chi connectivity index (χ1) is 8.91. The standard InChI is InChI=1S/C12H17N3O4/c1-14(2)8-7-13-11(12(16)17)9-3-5-10(6-4-9)15(18)19/h3-6,11,13H,7-8H2,1-2H3,(H,16,17). The molecule has 0 aliphatic carbocycles. The van der Waals surface area contributed by atoms with Crippen LogP contribution < -0.4 is 5.32 Å². The van der Waals surface area contributed by atoms with Crippen molar-refractivity contribution in [1.82, 2.24) is 10.2 Å². The van der Waals surface area contributed by atoms with Gasteiger partial charge in [0.2, 0.25) is 0 Å². The molecule has 0 saturated carbocycles. The second-order valence-electron chi connectivity index (χ2n) is 4.38. The number of aliphatic carboxylic acids is 1. The van der Waals surface area contributed by atoms with Gasteiger partial charge in [-0.2, -0.15) is 0 Å². The molecule has 0 aliphatic rings. The molecule has 1 atom stereocenters. The Bertz CT molecular complexity index is 445. The molecule has 0 fully saturated rings. The van der Waals surface area contributed by atoms with E-state index in [2.05, 4.69) is 5.32 Å². The van der Waals surface area contributed by atoms with Crippen LogP contribution in [0.5, 0.6) is 0 Å². The zero-order chi connectivity index (χ0) is 14.4. The summed E-state index contributed by atoms with van der Waals surface area (Å²) in [5.41, 5.74) is 0.443. The molecule has 0 radical (unpaired) electrons. The molecule has 2 N–H and O–H groups in total. The molecule has 104 valence electrons. The molecule has 7 heteroatoms. The smallest absolute Gasteiger partial charge is 0.325 e. The van der Waals surface area contributed by atoms with Crippen LogP contribution in [0.2, 0.25) is 0 Å². The number of non-ortho nitro benzene ring substituents is 1. The van der Waals surface area contributed by atoms with Crippen molar-refractivity contribution in [3.8, 4) is 0 Å². The van der Waals surface area contributed by atoms with Crippen molar-refractivity contribution in [1.29, 1.82) is 0 Å². The Morgan fingerprint density at radius 1 is 1.42 bits per heavy atom. The lowest BCUT2D eigenvalue weighted by Crippen LogP contribution is -2.33. The average Bonchev–Trinajstić information content (AvgIpc) is 2.34. The topological polar surface area (TPSA) is 95.7 Å². The number of rotatable bonds is 7. The zero-order valence-electron chi connectivity index (χ0n) is 10.9. The summed E-state index contributed by atoms with van der Waals surface area (Å²) in [6, 6.07) is 4.66. The van der Waals surface area contributed by atoms with Gasteiger partial charge >= 0.3 is 5.97 Å². The number of carboxylic acid groups (broad SMARTS) is 1. The van der Waals surface area contributed by atoms with Crippen LogP contribution in [0.25, 0.3) is 0 Å². The summed E-state index contributed by atoms with van der Waals surface area (Å²) in [7, 11) is 3.78. The van der Waals surface area contributed by atoms with Gasteiger partial charge in [-0.05, 0) is 19.7 Å². The van der Waals surface area contributed by atoms with Crippen LogP contribution >= 0.6 is 0 Å². The predicted octanol–water partition coefficient (Wildman–Crippen LogP) is 0.872. The summed E-state index contributed by atoms with van der Waals surface area (Å²) >= 11 is 0. The van der Waals surface area contributed by atoms with E-state index >= 15 is 0 Å². The number of carbonyl (C=O) groups is 1. The molecule has 0 spiro atoms. The third-order valence-electron chi connectivity index (χ3n) is 2.59. The molecule has 0 amide bonds. The van der Waals surface area contributed by atoms with Gasteiger partial charge in [-0.1, -0.05) is 12.1 Å². The van der Waals surface area contributed by atoms with Crippen LogP contribution in [0.1, 0.15) is 11.6 Å². The van der Waals surface area contributed by atoms with Crippen molar-refractivity contribution in [3.63, 3.8) is 0 Å². The number of benzene rings is 1. The molecule has 1 unspecified atom stereocenters. The van der Waals surface area contributed by atoms with Gasteiger partial charge in [0, 0.05) is 25.2 Å². The van der Waals surface area contributed by atoms with Gasteiger partial charge in [0.05, 0.1) is 4.92 Å². The fraction of sp³-hybridized carbons (Fsp3) is 0.417.